The maximum Gasteiger partial charge on any atom is 0.145 e. The first-order chi connectivity index (χ1) is 2.91. The summed E-state index contributed by atoms with van der Waals surface area (Å²) >= 11 is 0. The monoisotopic (exact) mass is 108 g/mol. The van der Waals surface area contributed by atoms with Gasteiger partial charge in [0.15, 0.2) is 0 Å². The molecule has 0 aliphatic heterocycles. The summed E-state index contributed by atoms with van der Waals surface area (Å²) in [6.45, 7) is 0.352. The fourth-order valence-corrected chi connectivity index (χ4v) is 0.488. The van der Waals surface area contributed by atoms with Gasteiger partial charge in [0.1, 0.15) is 10.5 Å². The van der Waals surface area contributed by atoms with Gasteiger partial charge in [-0.25, -0.2) is 0 Å². The van der Waals surface area contributed by atoms with Gasteiger partial charge in [-0.1, -0.05) is 0 Å². The summed E-state index contributed by atoms with van der Waals surface area (Å²) in [7, 11) is 0.737. The van der Waals surface area contributed by atoms with Crippen molar-refractivity contribution in [2.75, 3.05) is 13.3 Å². The van der Waals surface area contributed by atoms with Crippen LogP contribution < -0.4 is 0 Å². The SMILES string of the molecule is FCCCO[SiH3]. The van der Waals surface area contributed by atoms with Crippen LogP contribution in [-0.2, 0) is 4.43 Å². The fourth-order valence-electron chi connectivity index (χ4n) is 0.199. The van der Waals surface area contributed by atoms with E-state index >= 15 is 0 Å². The van der Waals surface area contributed by atoms with Crippen LogP contribution >= 0.6 is 0 Å². The summed E-state index contributed by atoms with van der Waals surface area (Å²) in [5.74, 6) is 0. The van der Waals surface area contributed by atoms with Gasteiger partial charge in [-0.2, -0.15) is 0 Å². The number of alkyl halides is 1. The third kappa shape index (κ3) is 4.11. The van der Waals surface area contributed by atoms with Crippen molar-refractivity contribution in [1.82, 2.24) is 0 Å². The predicted octanol–water partition coefficient (Wildman–Crippen LogP) is -0.357. The van der Waals surface area contributed by atoms with Crippen LogP contribution in [0.15, 0.2) is 0 Å². The van der Waals surface area contributed by atoms with Gasteiger partial charge in [-0.15, -0.1) is 0 Å². The highest BCUT2D eigenvalue weighted by atomic mass is 28.2. The smallest absolute Gasteiger partial charge is 0.145 e. The van der Waals surface area contributed by atoms with E-state index in [4.69, 9.17) is 0 Å². The van der Waals surface area contributed by atoms with Gasteiger partial charge in [0.25, 0.3) is 0 Å². The van der Waals surface area contributed by atoms with E-state index in [1.807, 2.05) is 0 Å². The molecule has 1 nitrogen and oxygen atoms in total. The lowest BCUT2D eigenvalue weighted by atomic mass is 10.5. The van der Waals surface area contributed by atoms with Crippen molar-refractivity contribution >= 4 is 10.5 Å². The second kappa shape index (κ2) is 5.11. The zero-order valence-corrected chi connectivity index (χ0v) is 5.91. The molecule has 0 spiro atoms. The first kappa shape index (κ1) is 6.11. The Labute approximate surface area is 40.0 Å². The van der Waals surface area contributed by atoms with E-state index in [9.17, 15) is 4.39 Å². The molecule has 0 aromatic carbocycles. The van der Waals surface area contributed by atoms with Crippen LogP contribution in [0.1, 0.15) is 6.42 Å². The summed E-state index contributed by atoms with van der Waals surface area (Å²) < 4.78 is 15.8. The van der Waals surface area contributed by atoms with Crippen molar-refractivity contribution in [3.63, 3.8) is 0 Å². The van der Waals surface area contributed by atoms with Crippen molar-refractivity contribution < 1.29 is 8.82 Å². The molecule has 0 aromatic rings. The molecule has 0 amide bonds. The van der Waals surface area contributed by atoms with Gasteiger partial charge in [-0.3, -0.25) is 4.39 Å². The molecule has 3 heteroatoms. The maximum absolute atomic E-state index is 11.1. The normalized spacial score (nSPS) is 9.50. The van der Waals surface area contributed by atoms with Crippen molar-refractivity contribution in [1.29, 1.82) is 0 Å². The third-order valence-corrected chi connectivity index (χ3v) is 0.890. The predicted molar refractivity (Wildman–Crippen MR) is 26.5 cm³/mol. The molecule has 0 atom stereocenters. The minimum Gasteiger partial charge on any atom is -0.428 e. The lowest BCUT2D eigenvalue weighted by Gasteiger charge is -1.88. The molecule has 0 saturated heterocycles. The molecule has 0 N–H and O–H groups in total. The van der Waals surface area contributed by atoms with Crippen LogP contribution in [-0.4, -0.2) is 23.8 Å². The molecule has 0 fully saturated rings. The van der Waals surface area contributed by atoms with Crippen LogP contribution in [0.25, 0.3) is 0 Å². The Hall–Kier alpha value is 0.107. The van der Waals surface area contributed by atoms with Crippen LogP contribution in [0.3, 0.4) is 0 Å². The van der Waals surface area contributed by atoms with Crippen molar-refractivity contribution in [2.24, 2.45) is 0 Å². The highest BCUT2D eigenvalue weighted by Crippen LogP contribution is 1.77. The molecule has 0 bridgehead atoms. The van der Waals surface area contributed by atoms with Gasteiger partial charge < -0.3 is 4.43 Å². The zero-order valence-electron chi connectivity index (χ0n) is 3.91. The summed E-state index contributed by atoms with van der Waals surface area (Å²) in [5.41, 5.74) is 0. The summed E-state index contributed by atoms with van der Waals surface area (Å²) in [6.07, 6.45) is 0.559. The van der Waals surface area contributed by atoms with E-state index in [-0.39, 0.29) is 6.67 Å². The molecule has 0 rings (SSSR count). The van der Waals surface area contributed by atoms with E-state index in [1.54, 1.807) is 0 Å². The number of hydrogen-bond donors (Lipinski definition) is 0. The maximum atomic E-state index is 11.1. The van der Waals surface area contributed by atoms with Crippen LogP contribution in [0, 0.1) is 0 Å². The Morgan fingerprint density at radius 3 is 2.50 bits per heavy atom. The molecule has 38 valence electrons. The quantitative estimate of drug-likeness (QED) is 0.354. The van der Waals surface area contributed by atoms with Crippen molar-refractivity contribution in [3.05, 3.63) is 0 Å². The third-order valence-electron chi connectivity index (χ3n) is 0.482. The molecule has 0 heterocycles. The zero-order chi connectivity index (χ0) is 4.83. The Morgan fingerprint density at radius 1 is 1.67 bits per heavy atom. The Balaban J connectivity index is 2.34. The first-order valence-corrected chi connectivity index (χ1v) is 2.78. The molecular formula is C3H9FOSi. The van der Waals surface area contributed by atoms with Gasteiger partial charge >= 0.3 is 0 Å². The largest absolute Gasteiger partial charge is 0.428 e. The van der Waals surface area contributed by atoms with Gasteiger partial charge in [0.2, 0.25) is 0 Å². The van der Waals surface area contributed by atoms with Gasteiger partial charge in [0.05, 0.1) is 6.67 Å². The molecule has 0 aliphatic rings. The summed E-state index contributed by atoms with van der Waals surface area (Å²) in [6, 6.07) is 0. The first-order valence-electron chi connectivity index (χ1n) is 1.96. The topological polar surface area (TPSA) is 9.23 Å². The molecule has 6 heavy (non-hydrogen) atoms. The second-order valence-corrected chi connectivity index (χ2v) is 1.61. The van der Waals surface area contributed by atoms with E-state index in [0.717, 1.165) is 10.5 Å². The average Bonchev–Trinajstić information content (AvgIpc) is 1.61. The minimum absolute atomic E-state index is 0.248. The Kier molecular flexibility index (Phi) is 5.20. The highest BCUT2D eigenvalue weighted by Gasteiger charge is 1.77. The number of rotatable bonds is 3. The van der Waals surface area contributed by atoms with Gasteiger partial charge in [0, 0.05) is 6.61 Å². The second-order valence-electron chi connectivity index (χ2n) is 1.04. The molecule has 0 saturated carbocycles. The standard InChI is InChI=1S/C3H9FOSi/c4-2-1-3-5-6/h1-3H2,6H3. The van der Waals surface area contributed by atoms with Crippen LogP contribution in [0.4, 0.5) is 4.39 Å². The van der Waals surface area contributed by atoms with Crippen molar-refractivity contribution in [3.8, 4) is 0 Å². The van der Waals surface area contributed by atoms with E-state index in [0.29, 0.717) is 13.0 Å². The average molecular weight is 108 g/mol. The molecule has 0 aromatic heterocycles. The molecule has 0 unspecified atom stereocenters. The summed E-state index contributed by atoms with van der Waals surface area (Å²) in [4.78, 5) is 0. The lowest BCUT2D eigenvalue weighted by molar-refractivity contribution is 0.313. The number of halogens is 1. The van der Waals surface area contributed by atoms with E-state index in [2.05, 4.69) is 4.43 Å². The fraction of sp³-hybridized carbons (Fsp3) is 1.00. The van der Waals surface area contributed by atoms with Crippen molar-refractivity contribution in [2.45, 2.75) is 6.42 Å². The molecule has 0 radical (unpaired) electrons. The molecule has 0 aliphatic carbocycles. The van der Waals surface area contributed by atoms with Gasteiger partial charge in [-0.05, 0) is 6.42 Å². The highest BCUT2D eigenvalue weighted by molar-refractivity contribution is 5.97. The van der Waals surface area contributed by atoms with E-state index < -0.39 is 0 Å². The molecular weight excluding hydrogens is 99.1 g/mol. The Morgan fingerprint density at radius 2 is 2.33 bits per heavy atom. The number of hydrogen-bond acceptors (Lipinski definition) is 1. The lowest BCUT2D eigenvalue weighted by Crippen LogP contribution is -1.88. The van der Waals surface area contributed by atoms with E-state index in [1.165, 1.54) is 0 Å². The summed E-state index contributed by atoms with van der Waals surface area (Å²) in [5, 5.41) is 0. The Bertz CT molecular complexity index is 22.8. The van der Waals surface area contributed by atoms with Crippen LogP contribution in [0.5, 0.6) is 0 Å². The minimum atomic E-state index is -0.248. The van der Waals surface area contributed by atoms with Crippen LogP contribution in [0.2, 0.25) is 0 Å².